The molecular formula is C22H31N. The molecule has 2 N–H and O–H groups in total. The molecule has 0 saturated heterocycles. The van der Waals surface area contributed by atoms with E-state index in [0.717, 1.165) is 24.8 Å². The monoisotopic (exact) mass is 309 g/mol. The van der Waals surface area contributed by atoms with Gasteiger partial charge in [-0.25, -0.2) is 0 Å². The van der Waals surface area contributed by atoms with Crippen LogP contribution >= 0.6 is 0 Å². The van der Waals surface area contributed by atoms with Crippen molar-refractivity contribution in [2.45, 2.75) is 52.9 Å². The Balaban J connectivity index is 3.12. The molecule has 0 bridgehead atoms. The van der Waals surface area contributed by atoms with Crippen LogP contribution < -0.4 is 5.73 Å². The van der Waals surface area contributed by atoms with Crippen molar-refractivity contribution in [1.82, 2.24) is 0 Å². The second kappa shape index (κ2) is 9.89. The third-order valence-electron chi connectivity index (χ3n) is 4.20. The molecule has 0 aromatic heterocycles. The molecule has 1 heteroatoms. The molecule has 1 nitrogen and oxygen atoms in total. The highest BCUT2D eigenvalue weighted by atomic mass is 14.6. The van der Waals surface area contributed by atoms with E-state index >= 15 is 0 Å². The third kappa shape index (κ3) is 5.59. The summed E-state index contributed by atoms with van der Waals surface area (Å²) in [4.78, 5) is 0. The number of hydrogen-bond donors (Lipinski definition) is 1. The van der Waals surface area contributed by atoms with Crippen molar-refractivity contribution in [3.05, 3.63) is 77.4 Å². The van der Waals surface area contributed by atoms with Crippen molar-refractivity contribution in [3.8, 4) is 0 Å². The highest BCUT2D eigenvalue weighted by Crippen LogP contribution is 2.34. The molecule has 0 radical (unpaired) electrons. The van der Waals surface area contributed by atoms with Gasteiger partial charge >= 0.3 is 0 Å². The number of nitrogens with two attached hydrogens (primary N) is 1. The number of allylic oxidation sites excluding steroid dienone is 6. The molecule has 0 aliphatic carbocycles. The fraction of sp³-hybridized carbons (Fsp3) is 0.364. The van der Waals surface area contributed by atoms with Crippen molar-refractivity contribution in [2.75, 3.05) is 0 Å². The average molecular weight is 309 g/mol. The molecular weight excluding hydrogens is 278 g/mol. The molecule has 1 atom stereocenters. The van der Waals surface area contributed by atoms with Gasteiger partial charge in [-0.15, -0.1) is 0 Å². The zero-order valence-corrected chi connectivity index (χ0v) is 15.1. The molecule has 1 rings (SSSR count). The van der Waals surface area contributed by atoms with E-state index in [9.17, 15) is 0 Å². The molecule has 1 unspecified atom stereocenters. The highest BCUT2D eigenvalue weighted by molar-refractivity contribution is 5.60. The summed E-state index contributed by atoms with van der Waals surface area (Å²) in [7, 11) is 0. The molecule has 0 saturated carbocycles. The summed E-state index contributed by atoms with van der Waals surface area (Å²) in [6.45, 7) is 12.5. The van der Waals surface area contributed by atoms with Crippen LogP contribution in [-0.4, -0.2) is 0 Å². The Morgan fingerprint density at radius 1 is 1.22 bits per heavy atom. The lowest BCUT2D eigenvalue weighted by molar-refractivity contribution is 0.689. The van der Waals surface area contributed by atoms with Crippen molar-refractivity contribution < 1.29 is 0 Å². The van der Waals surface area contributed by atoms with Gasteiger partial charge in [-0.05, 0) is 50.3 Å². The van der Waals surface area contributed by atoms with Crippen LogP contribution in [0.4, 0.5) is 0 Å². The Morgan fingerprint density at radius 2 is 1.87 bits per heavy atom. The molecule has 1 aromatic rings. The minimum Gasteiger partial charge on any atom is -0.399 e. The minimum absolute atomic E-state index is 0.437. The maximum absolute atomic E-state index is 5.78. The second-order valence-corrected chi connectivity index (χ2v) is 5.92. The Hall–Kier alpha value is -2.02. The molecule has 0 fully saturated rings. The van der Waals surface area contributed by atoms with Crippen LogP contribution in [0.2, 0.25) is 0 Å². The first-order valence-corrected chi connectivity index (χ1v) is 8.54. The van der Waals surface area contributed by atoms with Gasteiger partial charge in [0.2, 0.25) is 0 Å². The van der Waals surface area contributed by atoms with Gasteiger partial charge in [-0.3, -0.25) is 0 Å². The zero-order valence-electron chi connectivity index (χ0n) is 15.1. The minimum atomic E-state index is 0.437. The van der Waals surface area contributed by atoms with Crippen LogP contribution in [0.1, 0.15) is 64.0 Å². The van der Waals surface area contributed by atoms with E-state index in [0.29, 0.717) is 11.6 Å². The van der Waals surface area contributed by atoms with Gasteiger partial charge in [0, 0.05) is 11.6 Å². The van der Waals surface area contributed by atoms with Crippen LogP contribution in [-0.2, 0) is 0 Å². The van der Waals surface area contributed by atoms with E-state index in [1.807, 2.05) is 0 Å². The third-order valence-corrected chi connectivity index (χ3v) is 4.20. The largest absolute Gasteiger partial charge is 0.399 e. The maximum atomic E-state index is 5.78. The smallest absolute Gasteiger partial charge is 0.0314 e. The van der Waals surface area contributed by atoms with Gasteiger partial charge in [0.15, 0.2) is 0 Å². The van der Waals surface area contributed by atoms with Gasteiger partial charge in [0.05, 0.1) is 0 Å². The maximum Gasteiger partial charge on any atom is 0.0314 e. The Labute approximate surface area is 142 Å². The van der Waals surface area contributed by atoms with Crippen LogP contribution in [0.3, 0.4) is 0 Å². The van der Waals surface area contributed by atoms with E-state index < -0.39 is 0 Å². The van der Waals surface area contributed by atoms with Crippen molar-refractivity contribution >= 4 is 5.70 Å². The van der Waals surface area contributed by atoms with Gasteiger partial charge in [0.1, 0.15) is 0 Å². The van der Waals surface area contributed by atoms with E-state index in [2.05, 4.69) is 82.8 Å². The lowest BCUT2D eigenvalue weighted by Gasteiger charge is -2.22. The molecule has 0 amide bonds. The summed E-state index contributed by atoms with van der Waals surface area (Å²) >= 11 is 0. The summed E-state index contributed by atoms with van der Waals surface area (Å²) in [5, 5.41) is 0. The van der Waals surface area contributed by atoms with Gasteiger partial charge in [-0.2, -0.15) is 0 Å². The molecule has 0 heterocycles. The average Bonchev–Trinajstić information content (AvgIpc) is 2.55. The van der Waals surface area contributed by atoms with Crippen LogP contribution in [0.25, 0.3) is 5.70 Å². The number of benzene rings is 1. The van der Waals surface area contributed by atoms with E-state index in [4.69, 9.17) is 5.73 Å². The SMILES string of the molecule is C=C(N)c1ccc(C(CCC)C(=C/C)/C(C)=C/C/C=C/C)cc1. The van der Waals surface area contributed by atoms with Crippen molar-refractivity contribution in [2.24, 2.45) is 5.73 Å². The zero-order chi connectivity index (χ0) is 17.2. The van der Waals surface area contributed by atoms with Gasteiger partial charge < -0.3 is 5.73 Å². The normalized spacial score (nSPS) is 14.3. The predicted octanol–water partition coefficient (Wildman–Crippen LogP) is 6.36. The first-order chi connectivity index (χ1) is 11.0. The predicted molar refractivity (Wildman–Crippen MR) is 104 cm³/mol. The lowest BCUT2D eigenvalue weighted by Crippen LogP contribution is -2.05. The van der Waals surface area contributed by atoms with Crippen molar-refractivity contribution in [3.63, 3.8) is 0 Å². The Kier molecular flexibility index (Phi) is 8.18. The van der Waals surface area contributed by atoms with Crippen LogP contribution in [0.5, 0.6) is 0 Å². The summed E-state index contributed by atoms with van der Waals surface area (Å²) in [6, 6.07) is 8.53. The number of rotatable bonds is 8. The standard InChI is InChI=1S/C22H31N/c1-6-9-10-12-17(4)21(8-3)22(11-7-2)20-15-13-19(14-16-20)18(5)23/h6,8-9,12-16,22H,5,7,10-11,23H2,1-4H3/b9-6+,17-12+,21-8+. The van der Waals surface area contributed by atoms with Crippen LogP contribution in [0.15, 0.2) is 66.3 Å². The molecule has 0 aliphatic heterocycles. The van der Waals surface area contributed by atoms with Gasteiger partial charge in [-0.1, -0.05) is 74.1 Å². The second-order valence-electron chi connectivity index (χ2n) is 5.92. The van der Waals surface area contributed by atoms with Crippen molar-refractivity contribution in [1.29, 1.82) is 0 Å². The molecule has 0 aliphatic rings. The van der Waals surface area contributed by atoms with E-state index in [1.165, 1.54) is 16.7 Å². The summed E-state index contributed by atoms with van der Waals surface area (Å²) in [5.74, 6) is 0.437. The van der Waals surface area contributed by atoms with Crippen LogP contribution in [0, 0.1) is 0 Å². The molecule has 23 heavy (non-hydrogen) atoms. The summed E-state index contributed by atoms with van der Waals surface area (Å²) in [5.41, 5.74) is 11.6. The fourth-order valence-electron chi connectivity index (χ4n) is 2.92. The summed E-state index contributed by atoms with van der Waals surface area (Å²) < 4.78 is 0. The molecule has 1 aromatic carbocycles. The first-order valence-electron chi connectivity index (χ1n) is 8.54. The van der Waals surface area contributed by atoms with Gasteiger partial charge in [0.25, 0.3) is 0 Å². The Bertz CT molecular complexity index is 585. The van der Waals surface area contributed by atoms with E-state index in [1.54, 1.807) is 0 Å². The fourth-order valence-corrected chi connectivity index (χ4v) is 2.92. The molecule has 0 spiro atoms. The lowest BCUT2D eigenvalue weighted by atomic mass is 9.83. The molecule has 124 valence electrons. The highest BCUT2D eigenvalue weighted by Gasteiger charge is 2.16. The van der Waals surface area contributed by atoms with E-state index in [-0.39, 0.29) is 0 Å². The summed E-state index contributed by atoms with van der Waals surface area (Å²) in [6.07, 6.45) is 12.2. The topological polar surface area (TPSA) is 26.0 Å². The quantitative estimate of drug-likeness (QED) is 0.439. The first kappa shape index (κ1) is 19.0. The Morgan fingerprint density at radius 3 is 2.35 bits per heavy atom. The number of hydrogen-bond acceptors (Lipinski definition) is 1.